The van der Waals surface area contributed by atoms with Crippen LogP contribution in [0.15, 0.2) is 364 Å². The van der Waals surface area contributed by atoms with E-state index in [4.69, 9.17) is 0 Å². The minimum Gasteiger partial charge on any atom is -0.308 e. The molecule has 4 heteroatoms. The molecule has 466 valence electrons. The van der Waals surface area contributed by atoms with Crippen LogP contribution >= 0.6 is 22.7 Å². The third-order valence-electron chi connectivity index (χ3n) is 20.6. The summed E-state index contributed by atoms with van der Waals surface area (Å²) < 4.78 is 5.06. The molecule has 0 amide bonds. The van der Waals surface area contributed by atoms with Gasteiger partial charge in [0.2, 0.25) is 0 Å². The van der Waals surface area contributed by atoms with Gasteiger partial charge in [0.05, 0.1) is 32.1 Å². The molecule has 0 aliphatic heterocycles. The van der Waals surface area contributed by atoms with Crippen molar-refractivity contribution >= 4 is 151 Å². The molecule has 0 saturated heterocycles. The smallest absolute Gasteiger partial charge is 0.0640 e. The first-order valence-corrected chi connectivity index (χ1v) is 35.9. The molecule has 20 aromatic rings. The van der Waals surface area contributed by atoms with Crippen LogP contribution in [0.2, 0.25) is 0 Å². The van der Waals surface area contributed by atoms with Gasteiger partial charge < -0.3 is 9.80 Å². The summed E-state index contributed by atoms with van der Waals surface area (Å²) in [5.74, 6) is 0. The first-order valence-electron chi connectivity index (χ1n) is 34.3. The van der Waals surface area contributed by atoms with Crippen molar-refractivity contribution in [2.75, 3.05) is 9.80 Å². The van der Waals surface area contributed by atoms with E-state index in [1.165, 1.54) is 150 Å². The lowest BCUT2D eigenvalue weighted by Crippen LogP contribution is -2.12. The second kappa shape index (κ2) is 23.7. The number of fused-ring (bicyclic) bond motifs is 8. The number of thiophene rings is 2. The lowest BCUT2D eigenvalue weighted by molar-refractivity contribution is 1.32. The SMILES string of the molecule is c1ccc(-c2ccc(-c3ccc4cc(-c5cccc(N(c6ccc7ccc8c(N(c9cccc(-c%10ccc%11cc(-c%12ccc(-c%13ccccc%13)cc%12)ccc%11c%10)c9)c9cccc%10c9sc9ccccc9%10)ccc9ccc6c7c98)c6cccc7c6sc6ccccc67)c5)ccc4c3)cc2)cc1. The molecule has 0 unspecified atom stereocenters. The first-order chi connectivity index (χ1) is 49.5. The minimum atomic E-state index is 1.09. The second-order valence-electron chi connectivity index (χ2n) is 26.3. The van der Waals surface area contributed by atoms with Gasteiger partial charge in [0.25, 0.3) is 0 Å². The Labute approximate surface area is 587 Å². The predicted octanol–water partition coefficient (Wildman–Crippen LogP) is 28.6. The summed E-state index contributed by atoms with van der Waals surface area (Å²) in [5.41, 5.74) is 21.1. The predicted molar refractivity (Wildman–Crippen MR) is 433 cm³/mol. The van der Waals surface area contributed by atoms with Crippen molar-refractivity contribution in [3.05, 3.63) is 364 Å². The van der Waals surface area contributed by atoms with Crippen LogP contribution in [0.5, 0.6) is 0 Å². The minimum absolute atomic E-state index is 1.09. The summed E-state index contributed by atoms with van der Waals surface area (Å²) in [6.45, 7) is 0. The number of anilines is 6. The standard InChI is InChI=1S/C96H60N2S2/c1-3-15-61(16-4-1)63-31-35-65(36-32-63)71-39-41-77-57-73(43-45-75(77)55-71)69-19-11-21-79(59-69)97(89-27-13-25-83-81-23-7-9-29-91(81)99-95(83)89)87-53-49-67-48-52-86-88(54-50-68-47-51-85(87)93(67)94(68)86)98(90-28-14-26-84-82-24-8-10-30-92(82)100-96(84)90)80-22-12-20-70(60-80)74-44-46-76-56-72(40-42-78(76)58-74)66-37-33-64(34-38-66)62-17-5-2-6-18-62/h1-60H. The Morgan fingerprint density at radius 1 is 0.170 bits per heavy atom. The van der Waals surface area contributed by atoms with Gasteiger partial charge in [-0.1, -0.05) is 279 Å². The van der Waals surface area contributed by atoms with Crippen LogP contribution < -0.4 is 9.80 Å². The lowest BCUT2D eigenvalue weighted by atomic mass is 9.91. The maximum atomic E-state index is 2.54. The fourth-order valence-corrected chi connectivity index (χ4v) is 18.0. The molecule has 0 N–H and O–H groups in total. The van der Waals surface area contributed by atoms with Gasteiger partial charge in [0.1, 0.15) is 0 Å². The van der Waals surface area contributed by atoms with E-state index < -0.39 is 0 Å². The molecule has 20 rings (SSSR count). The van der Waals surface area contributed by atoms with Crippen molar-refractivity contribution in [1.29, 1.82) is 0 Å². The van der Waals surface area contributed by atoms with Gasteiger partial charge >= 0.3 is 0 Å². The van der Waals surface area contributed by atoms with Crippen molar-refractivity contribution in [2.45, 2.75) is 0 Å². The van der Waals surface area contributed by atoms with Crippen LogP contribution in [-0.2, 0) is 0 Å². The quantitative estimate of drug-likeness (QED) is 0.113. The zero-order valence-electron chi connectivity index (χ0n) is 54.4. The summed E-state index contributed by atoms with van der Waals surface area (Å²) in [6, 6.07) is 135. The molecule has 2 aromatic heterocycles. The van der Waals surface area contributed by atoms with Crippen molar-refractivity contribution in [2.24, 2.45) is 0 Å². The summed E-state index contributed by atoms with van der Waals surface area (Å²) in [6.07, 6.45) is 0. The summed E-state index contributed by atoms with van der Waals surface area (Å²) >= 11 is 3.75. The van der Waals surface area contributed by atoms with Crippen LogP contribution in [0.25, 0.3) is 161 Å². The van der Waals surface area contributed by atoms with Gasteiger partial charge in [-0.15, -0.1) is 22.7 Å². The van der Waals surface area contributed by atoms with Crippen molar-refractivity contribution < 1.29 is 0 Å². The molecular weight excluding hydrogens is 1250 g/mol. The molecule has 0 radical (unpaired) electrons. The molecule has 0 saturated carbocycles. The highest BCUT2D eigenvalue weighted by Gasteiger charge is 2.26. The number of nitrogens with zero attached hydrogens (tertiary/aromatic N) is 2. The number of benzene rings is 18. The average Bonchev–Trinajstić information content (AvgIpc) is 0.835. The topological polar surface area (TPSA) is 6.48 Å². The first kappa shape index (κ1) is 57.8. The van der Waals surface area contributed by atoms with Gasteiger partial charge in [-0.05, 0) is 195 Å². The molecule has 100 heavy (non-hydrogen) atoms. The van der Waals surface area contributed by atoms with Crippen LogP contribution in [-0.4, -0.2) is 0 Å². The van der Waals surface area contributed by atoms with Gasteiger partial charge in [0.15, 0.2) is 0 Å². The summed E-state index contributed by atoms with van der Waals surface area (Å²) in [4.78, 5) is 5.08. The van der Waals surface area contributed by atoms with E-state index in [9.17, 15) is 0 Å². The van der Waals surface area contributed by atoms with Crippen molar-refractivity contribution in [3.8, 4) is 66.8 Å². The highest BCUT2D eigenvalue weighted by Crippen LogP contribution is 2.53. The third-order valence-corrected chi connectivity index (χ3v) is 23.0. The summed E-state index contributed by atoms with van der Waals surface area (Å²) in [5, 5.41) is 17.2. The monoisotopic (exact) mass is 1300 g/mol. The van der Waals surface area contributed by atoms with Gasteiger partial charge in [-0.2, -0.15) is 0 Å². The zero-order valence-corrected chi connectivity index (χ0v) is 56.0. The summed E-state index contributed by atoms with van der Waals surface area (Å²) in [7, 11) is 0. The third kappa shape index (κ3) is 9.82. The normalized spacial score (nSPS) is 11.8. The second-order valence-corrected chi connectivity index (χ2v) is 28.4. The van der Waals surface area contributed by atoms with Crippen molar-refractivity contribution in [1.82, 2.24) is 0 Å². The van der Waals surface area contributed by atoms with Crippen LogP contribution in [0.3, 0.4) is 0 Å². The van der Waals surface area contributed by atoms with Gasteiger partial charge in [0, 0.05) is 53.1 Å². The Morgan fingerprint density at radius 3 is 0.870 bits per heavy atom. The molecule has 0 fully saturated rings. The van der Waals surface area contributed by atoms with E-state index >= 15 is 0 Å². The largest absolute Gasteiger partial charge is 0.308 e. The van der Waals surface area contributed by atoms with Gasteiger partial charge in [-0.3, -0.25) is 0 Å². The maximum Gasteiger partial charge on any atom is 0.0640 e. The molecule has 0 spiro atoms. The molecule has 2 heterocycles. The molecular formula is C96H60N2S2. The highest BCUT2D eigenvalue weighted by molar-refractivity contribution is 7.26. The fourth-order valence-electron chi connectivity index (χ4n) is 15.6. The average molecular weight is 1310 g/mol. The Kier molecular flexibility index (Phi) is 13.7. The van der Waals surface area contributed by atoms with E-state index in [0.29, 0.717) is 0 Å². The van der Waals surface area contributed by atoms with Crippen LogP contribution in [0.4, 0.5) is 34.1 Å². The van der Waals surface area contributed by atoms with E-state index in [-0.39, 0.29) is 0 Å². The Balaban J connectivity index is 0.717. The van der Waals surface area contributed by atoms with Gasteiger partial charge in [-0.25, -0.2) is 0 Å². The number of hydrogen-bond acceptors (Lipinski definition) is 4. The number of rotatable bonds is 12. The fraction of sp³-hybridized carbons (Fsp3) is 0. The molecule has 0 atom stereocenters. The molecule has 18 aromatic carbocycles. The number of hydrogen-bond donors (Lipinski definition) is 0. The molecule has 0 aliphatic carbocycles. The molecule has 0 aliphatic rings. The Morgan fingerprint density at radius 2 is 0.460 bits per heavy atom. The Bertz CT molecular complexity index is 6180. The van der Waals surface area contributed by atoms with E-state index in [2.05, 4.69) is 374 Å². The Hall–Kier alpha value is -12.4. The van der Waals surface area contributed by atoms with E-state index in [1.54, 1.807) is 0 Å². The molecule has 0 bridgehead atoms. The lowest BCUT2D eigenvalue weighted by Gasteiger charge is -2.30. The zero-order chi connectivity index (χ0) is 65.8. The maximum absolute atomic E-state index is 2.54. The van der Waals surface area contributed by atoms with E-state index in [1.807, 2.05) is 22.7 Å². The van der Waals surface area contributed by atoms with Crippen molar-refractivity contribution in [3.63, 3.8) is 0 Å². The molecule has 2 nitrogen and oxygen atoms in total. The van der Waals surface area contributed by atoms with Crippen LogP contribution in [0, 0.1) is 0 Å². The van der Waals surface area contributed by atoms with E-state index in [0.717, 1.165) is 45.3 Å². The van der Waals surface area contributed by atoms with Crippen LogP contribution in [0.1, 0.15) is 0 Å². The highest BCUT2D eigenvalue weighted by atomic mass is 32.1.